The molecule has 16 heavy (non-hydrogen) atoms. The van der Waals surface area contributed by atoms with Crippen molar-refractivity contribution in [3.63, 3.8) is 0 Å². The van der Waals surface area contributed by atoms with Gasteiger partial charge in [0.15, 0.2) is 4.99 Å². The number of rotatable bonds is 2. The van der Waals surface area contributed by atoms with Gasteiger partial charge in [-0.2, -0.15) is 0 Å². The lowest BCUT2D eigenvalue weighted by Gasteiger charge is -2.37. The summed E-state index contributed by atoms with van der Waals surface area (Å²) < 4.78 is 0. The Labute approximate surface area is 101 Å². The van der Waals surface area contributed by atoms with Gasteiger partial charge >= 0.3 is 0 Å². The summed E-state index contributed by atoms with van der Waals surface area (Å²) in [5, 5.41) is 6.16. The highest BCUT2D eigenvalue weighted by atomic mass is 32.1. The average molecular weight is 236 g/mol. The predicted molar refractivity (Wildman–Crippen MR) is 68.7 cm³/mol. The van der Waals surface area contributed by atoms with E-state index < -0.39 is 4.99 Å². The first-order valence-corrected chi connectivity index (χ1v) is 5.87. The van der Waals surface area contributed by atoms with E-state index >= 15 is 0 Å². The summed E-state index contributed by atoms with van der Waals surface area (Å²) in [5.74, 6) is 0.389. The fourth-order valence-electron chi connectivity index (χ4n) is 1.99. The molecule has 1 aliphatic heterocycles. The largest absolute Gasteiger partial charge is 0.354 e. The van der Waals surface area contributed by atoms with Gasteiger partial charge < -0.3 is 10.6 Å². The van der Waals surface area contributed by atoms with Crippen molar-refractivity contribution in [1.29, 1.82) is 0 Å². The smallest absolute Gasteiger partial charge is 0.255 e. The van der Waals surface area contributed by atoms with Crippen LogP contribution >= 0.6 is 12.6 Å². The minimum Gasteiger partial charge on any atom is -0.354 e. The third kappa shape index (κ3) is 2.16. The Morgan fingerprint density at radius 2 is 2.00 bits per heavy atom. The Balaban J connectivity index is 2.30. The number of fused-ring (bicyclic) bond motifs is 1. The van der Waals surface area contributed by atoms with Crippen LogP contribution < -0.4 is 10.6 Å². The van der Waals surface area contributed by atoms with Crippen LogP contribution in [0.15, 0.2) is 24.3 Å². The minimum absolute atomic E-state index is 0.0648. The SMILES string of the molecule is CC(C)CC1(S)NC(=O)c2ccccc2N1. The standard InChI is InChI=1S/C12H16N2OS/c1-8(2)7-12(16)13-10-6-4-3-5-9(10)11(15)14-12/h3-6,8,13,16H,7H2,1-2H3,(H,14,15). The van der Waals surface area contributed by atoms with Crippen LogP contribution in [0, 0.1) is 5.92 Å². The van der Waals surface area contributed by atoms with Gasteiger partial charge in [0.05, 0.1) is 5.56 Å². The molecule has 1 aliphatic rings. The number of carbonyl (C=O) groups is 1. The molecule has 1 atom stereocenters. The van der Waals surface area contributed by atoms with Gasteiger partial charge in [-0.3, -0.25) is 4.79 Å². The van der Waals surface area contributed by atoms with E-state index in [1.807, 2.05) is 18.2 Å². The van der Waals surface area contributed by atoms with Gasteiger partial charge in [0.1, 0.15) is 0 Å². The molecule has 0 bridgehead atoms. The lowest BCUT2D eigenvalue weighted by Crippen LogP contribution is -2.54. The number of thiol groups is 1. The number of amides is 1. The van der Waals surface area contributed by atoms with Gasteiger partial charge in [-0.15, -0.1) is 12.6 Å². The quantitative estimate of drug-likeness (QED) is 0.690. The van der Waals surface area contributed by atoms with Gasteiger partial charge in [-0.1, -0.05) is 26.0 Å². The third-order valence-corrected chi connectivity index (χ3v) is 2.94. The van der Waals surface area contributed by atoms with E-state index in [1.165, 1.54) is 0 Å². The zero-order valence-corrected chi connectivity index (χ0v) is 10.3. The Morgan fingerprint density at radius 1 is 1.31 bits per heavy atom. The van der Waals surface area contributed by atoms with E-state index in [0.29, 0.717) is 11.5 Å². The third-order valence-electron chi connectivity index (χ3n) is 2.54. The Bertz CT molecular complexity index is 419. The van der Waals surface area contributed by atoms with Crippen LogP contribution in [-0.2, 0) is 0 Å². The average Bonchev–Trinajstić information content (AvgIpc) is 2.15. The van der Waals surface area contributed by atoms with Crippen LogP contribution in [0.3, 0.4) is 0 Å². The van der Waals surface area contributed by atoms with Crippen molar-refractivity contribution in [1.82, 2.24) is 5.32 Å². The molecule has 1 aromatic rings. The van der Waals surface area contributed by atoms with Crippen molar-refractivity contribution in [3.8, 4) is 0 Å². The van der Waals surface area contributed by atoms with Crippen molar-refractivity contribution in [2.75, 3.05) is 5.32 Å². The van der Waals surface area contributed by atoms with E-state index in [0.717, 1.165) is 12.1 Å². The molecular formula is C12H16N2OS. The maximum atomic E-state index is 11.9. The number of nitrogens with one attached hydrogen (secondary N) is 2. The van der Waals surface area contributed by atoms with Gasteiger partial charge in [0, 0.05) is 12.1 Å². The summed E-state index contributed by atoms with van der Waals surface area (Å²) in [7, 11) is 0. The van der Waals surface area contributed by atoms with Crippen molar-refractivity contribution in [2.45, 2.75) is 25.3 Å². The molecule has 86 valence electrons. The number of benzene rings is 1. The van der Waals surface area contributed by atoms with Crippen LogP contribution in [0.5, 0.6) is 0 Å². The number of carbonyl (C=O) groups excluding carboxylic acids is 1. The Morgan fingerprint density at radius 3 is 2.69 bits per heavy atom. The molecule has 0 aromatic heterocycles. The van der Waals surface area contributed by atoms with Crippen molar-refractivity contribution < 1.29 is 4.79 Å². The van der Waals surface area contributed by atoms with Crippen molar-refractivity contribution >= 4 is 24.2 Å². The molecule has 0 fully saturated rings. The molecule has 0 saturated heterocycles. The minimum atomic E-state index is -0.639. The lowest BCUT2D eigenvalue weighted by atomic mass is 10.0. The molecule has 0 radical (unpaired) electrons. The number of para-hydroxylation sites is 1. The summed E-state index contributed by atoms with van der Waals surface area (Å²) in [6, 6.07) is 7.47. The number of hydrogen-bond acceptors (Lipinski definition) is 3. The van der Waals surface area contributed by atoms with Crippen LogP contribution in [-0.4, -0.2) is 10.9 Å². The van der Waals surface area contributed by atoms with Crippen LogP contribution in [0.4, 0.5) is 5.69 Å². The van der Waals surface area contributed by atoms with Gasteiger partial charge in [0.2, 0.25) is 0 Å². The summed E-state index contributed by atoms with van der Waals surface area (Å²) in [5.41, 5.74) is 1.53. The van der Waals surface area contributed by atoms with Crippen molar-refractivity contribution in [3.05, 3.63) is 29.8 Å². The van der Waals surface area contributed by atoms with Gasteiger partial charge in [-0.05, 0) is 18.1 Å². The second kappa shape index (κ2) is 4.01. The second-order valence-electron chi connectivity index (χ2n) is 4.58. The van der Waals surface area contributed by atoms with E-state index in [2.05, 4.69) is 37.1 Å². The van der Waals surface area contributed by atoms with Crippen molar-refractivity contribution in [2.24, 2.45) is 5.92 Å². The highest BCUT2D eigenvalue weighted by molar-refractivity contribution is 7.81. The van der Waals surface area contributed by atoms with Gasteiger partial charge in [0.25, 0.3) is 5.91 Å². The highest BCUT2D eigenvalue weighted by Gasteiger charge is 2.34. The molecule has 4 heteroatoms. The summed E-state index contributed by atoms with van der Waals surface area (Å²) in [6.07, 6.45) is 0.774. The zero-order chi connectivity index (χ0) is 11.8. The molecular weight excluding hydrogens is 220 g/mol. The second-order valence-corrected chi connectivity index (χ2v) is 5.35. The van der Waals surface area contributed by atoms with E-state index in [1.54, 1.807) is 6.07 Å². The van der Waals surface area contributed by atoms with Gasteiger partial charge in [-0.25, -0.2) is 0 Å². The molecule has 0 spiro atoms. The van der Waals surface area contributed by atoms with Crippen LogP contribution in [0.25, 0.3) is 0 Å². The molecule has 0 saturated carbocycles. The maximum Gasteiger partial charge on any atom is 0.255 e. The summed E-state index contributed by atoms with van der Waals surface area (Å²) in [6.45, 7) is 4.21. The molecule has 1 heterocycles. The van der Waals surface area contributed by atoms with E-state index in [4.69, 9.17) is 0 Å². The fourth-order valence-corrected chi connectivity index (χ4v) is 2.58. The summed E-state index contributed by atoms with van der Waals surface area (Å²) >= 11 is 4.53. The molecule has 1 aromatic carbocycles. The first kappa shape index (κ1) is 11.3. The normalized spacial score (nSPS) is 23.6. The fraction of sp³-hybridized carbons (Fsp3) is 0.417. The van der Waals surface area contributed by atoms with E-state index in [9.17, 15) is 4.79 Å². The molecule has 3 nitrogen and oxygen atoms in total. The van der Waals surface area contributed by atoms with E-state index in [-0.39, 0.29) is 5.91 Å². The zero-order valence-electron chi connectivity index (χ0n) is 9.45. The number of anilines is 1. The lowest BCUT2D eigenvalue weighted by molar-refractivity contribution is 0.0923. The summed E-state index contributed by atoms with van der Waals surface area (Å²) in [4.78, 5) is 11.2. The maximum absolute atomic E-state index is 11.9. The Hall–Kier alpha value is -1.16. The molecule has 0 aliphatic carbocycles. The first-order valence-electron chi connectivity index (χ1n) is 5.42. The van der Waals surface area contributed by atoms with Crippen LogP contribution in [0.2, 0.25) is 0 Å². The Kier molecular flexibility index (Phi) is 2.84. The molecule has 1 unspecified atom stereocenters. The van der Waals surface area contributed by atoms with Crippen LogP contribution in [0.1, 0.15) is 30.6 Å². The molecule has 2 rings (SSSR count). The highest BCUT2D eigenvalue weighted by Crippen LogP contribution is 2.30. The first-order chi connectivity index (χ1) is 7.50. The number of hydrogen-bond donors (Lipinski definition) is 3. The molecule has 2 N–H and O–H groups in total. The monoisotopic (exact) mass is 236 g/mol. The topological polar surface area (TPSA) is 41.1 Å². The molecule has 1 amide bonds. The predicted octanol–water partition coefficient (Wildman–Crippen LogP) is 2.47.